The number of aryl methyl sites for hydroxylation is 1. The van der Waals surface area contributed by atoms with Gasteiger partial charge in [-0.05, 0) is 36.6 Å². The van der Waals surface area contributed by atoms with E-state index < -0.39 is 6.04 Å². The van der Waals surface area contributed by atoms with Crippen molar-refractivity contribution in [3.05, 3.63) is 59.2 Å². The minimum atomic E-state index is -0.462. The number of hydrogen-bond donors (Lipinski definition) is 2. The van der Waals surface area contributed by atoms with Crippen LogP contribution in [0.3, 0.4) is 0 Å². The highest BCUT2D eigenvalue weighted by Crippen LogP contribution is 2.27. The number of amides is 2. The minimum absolute atomic E-state index is 0.0894. The summed E-state index contributed by atoms with van der Waals surface area (Å²) in [5.74, 6) is 1.12. The van der Waals surface area contributed by atoms with Crippen molar-refractivity contribution in [3.63, 3.8) is 0 Å². The lowest BCUT2D eigenvalue weighted by atomic mass is 10.1. The molecule has 1 heterocycles. The summed E-state index contributed by atoms with van der Waals surface area (Å²) in [4.78, 5) is 27.1. The molecule has 2 aromatic carbocycles. The molecule has 1 aliphatic heterocycles. The van der Waals surface area contributed by atoms with Gasteiger partial charge in [0.2, 0.25) is 11.8 Å². The predicted molar refractivity (Wildman–Crippen MR) is 119 cm³/mol. The molecule has 7 heteroatoms. The summed E-state index contributed by atoms with van der Waals surface area (Å²) in [6, 6.07) is 13.5. The van der Waals surface area contributed by atoms with Crippen LogP contribution < -0.4 is 20.1 Å². The minimum Gasteiger partial charge on any atom is -0.493 e. The Bertz CT molecular complexity index is 898. The maximum absolute atomic E-state index is 12.6. The molecule has 0 aliphatic carbocycles. The molecule has 0 aromatic heterocycles. The molecule has 3 rings (SSSR count). The van der Waals surface area contributed by atoms with Crippen LogP contribution in [0, 0.1) is 6.92 Å². The summed E-state index contributed by atoms with van der Waals surface area (Å²) in [5, 5.41) is 5.82. The topological polar surface area (TPSA) is 79.9 Å². The maximum Gasteiger partial charge on any atom is 0.237 e. The van der Waals surface area contributed by atoms with Crippen LogP contribution in [0.1, 0.15) is 23.1 Å². The number of ether oxygens (including phenoxy) is 2. The average Bonchev–Trinajstić information content (AvgIpc) is 2.77. The van der Waals surface area contributed by atoms with E-state index in [1.165, 1.54) is 5.56 Å². The number of nitrogens with one attached hydrogen (secondary N) is 2. The van der Waals surface area contributed by atoms with Gasteiger partial charge in [0.15, 0.2) is 11.5 Å². The van der Waals surface area contributed by atoms with Gasteiger partial charge in [-0.15, -0.1) is 0 Å². The van der Waals surface area contributed by atoms with Gasteiger partial charge in [0, 0.05) is 26.2 Å². The molecule has 0 saturated carbocycles. The van der Waals surface area contributed by atoms with Gasteiger partial charge in [0.1, 0.15) is 0 Å². The van der Waals surface area contributed by atoms with Gasteiger partial charge in [-0.1, -0.05) is 35.9 Å². The maximum atomic E-state index is 12.6. The molecule has 2 aromatic rings. The molecule has 2 N–H and O–H groups in total. The van der Waals surface area contributed by atoms with Crippen LogP contribution >= 0.6 is 0 Å². The Morgan fingerprint density at radius 1 is 1.10 bits per heavy atom. The Hall–Kier alpha value is -3.06. The molecule has 166 valence electrons. The normalized spacial score (nSPS) is 16.5. The number of carbonyl (C=O) groups is 2. The van der Waals surface area contributed by atoms with Crippen molar-refractivity contribution in [2.75, 3.05) is 33.9 Å². The first kappa shape index (κ1) is 22.6. The summed E-state index contributed by atoms with van der Waals surface area (Å²) < 4.78 is 10.6. The zero-order chi connectivity index (χ0) is 22.2. The van der Waals surface area contributed by atoms with Crippen LogP contribution in [-0.4, -0.2) is 56.6 Å². The van der Waals surface area contributed by atoms with Crippen LogP contribution in [-0.2, 0) is 22.6 Å². The highest BCUT2D eigenvalue weighted by Gasteiger charge is 2.31. The lowest BCUT2D eigenvalue weighted by molar-refractivity contribution is -0.134. The fourth-order valence-corrected chi connectivity index (χ4v) is 3.73. The van der Waals surface area contributed by atoms with E-state index in [9.17, 15) is 9.59 Å². The van der Waals surface area contributed by atoms with Crippen molar-refractivity contribution < 1.29 is 19.1 Å². The predicted octanol–water partition coefficient (Wildman–Crippen LogP) is 2.06. The van der Waals surface area contributed by atoms with E-state index in [-0.39, 0.29) is 18.2 Å². The van der Waals surface area contributed by atoms with E-state index in [1.807, 2.05) is 25.1 Å². The molecular formula is C24H31N3O4. The zero-order valence-electron chi connectivity index (χ0n) is 18.4. The average molecular weight is 426 g/mol. The fourth-order valence-electron chi connectivity index (χ4n) is 3.73. The number of benzene rings is 2. The third-order valence-corrected chi connectivity index (χ3v) is 5.51. The smallest absolute Gasteiger partial charge is 0.237 e. The number of nitrogens with zero attached hydrogens (tertiary/aromatic N) is 1. The van der Waals surface area contributed by atoms with Gasteiger partial charge in [-0.3, -0.25) is 14.5 Å². The van der Waals surface area contributed by atoms with E-state index in [2.05, 4.69) is 39.8 Å². The Balaban J connectivity index is 1.53. The second kappa shape index (κ2) is 10.8. The molecule has 1 aliphatic rings. The molecule has 1 fully saturated rings. The van der Waals surface area contributed by atoms with E-state index in [4.69, 9.17) is 9.47 Å². The standard InChI is InChI=1S/C24H31N3O4/c1-17-4-6-19(7-5-17)16-27-13-12-26-24(29)20(27)15-23(28)25-11-10-18-8-9-21(30-2)22(14-18)31-3/h4-9,14,20H,10-13,15-16H2,1-3H3,(H,25,28)(H,26,29)/t20-/m0/s1. The largest absolute Gasteiger partial charge is 0.493 e. The number of methoxy groups -OCH3 is 2. The lowest BCUT2D eigenvalue weighted by Gasteiger charge is -2.34. The highest BCUT2D eigenvalue weighted by atomic mass is 16.5. The van der Waals surface area contributed by atoms with Crippen LogP contribution in [0.25, 0.3) is 0 Å². The molecule has 0 bridgehead atoms. The lowest BCUT2D eigenvalue weighted by Crippen LogP contribution is -2.56. The third kappa shape index (κ3) is 6.21. The molecule has 7 nitrogen and oxygen atoms in total. The zero-order valence-corrected chi connectivity index (χ0v) is 18.4. The molecule has 31 heavy (non-hydrogen) atoms. The monoisotopic (exact) mass is 425 g/mol. The van der Waals surface area contributed by atoms with Gasteiger partial charge in [0.25, 0.3) is 0 Å². The number of hydrogen-bond acceptors (Lipinski definition) is 5. The Labute approximate surface area is 183 Å². The van der Waals surface area contributed by atoms with Crippen LogP contribution in [0.2, 0.25) is 0 Å². The summed E-state index contributed by atoms with van der Waals surface area (Å²) >= 11 is 0. The van der Waals surface area contributed by atoms with E-state index in [1.54, 1.807) is 14.2 Å². The van der Waals surface area contributed by atoms with Crippen molar-refractivity contribution in [2.45, 2.75) is 32.4 Å². The van der Waals surface area contributed by atoms with Gasteiger partial charge in [-0.25, -0.2) is 0 Å². The van der Waals surface area contributed by atoms with Gasteiger partial charge in [-0.2, -0.15) is 0 Å². The molecular weight excluding hydrogens is 394 g/mol. The van der Waals surface area contributed by atoms with Crippen molar-refractivity contribution in [2.24, 2.45) is 0 Å². The van der Waals surface area contributed by atoms with Crippen molar-refractivity contribution >= 4 is 11.8 Å². The molecule has 1 atom stereocenters. The molecule has 1 saturated heterocycles. The molecule has 0 spiro atoms. The molecule has 2 amide bonds. The second-order valence-electron chi connectivity index (χ2n) is 7.76. The van der Waals surface area contributed by atoms with Gasteiger partial charge < -0.3 is 20.1 Å². The molecule has 0 radical (unpaired) electrons. The van der Waals surface area contributed by atoms with Crippen molar-refractivity contribution in [1.29, 1.82) is 0 Å². The van der Waals surface area contributed by atoms with Crippen molar-refractivity contribution in [3.8, 4) is 11.5 Å². The second-order valence-corrected chi connectivity index (χ2v) is 7.76. The van der Waals surface area contributed by atoms with Crippen LogP contribution in [0.15, 0.2) is 42.5 Å². The summed E-state index contributed by atoms with van der Waals surface area (Å²) in [5.41, 5.74) is 3.37. The number of rotatable bonds is 9. The molecule has 0 unspecified atom stereocenters. The Kier molecular flexibility index (Phi) is 7.89. The first-order valence-corrected chi connectivity index (χ1v) is 10.5. The highest BCUT2D eigenvalue weighted by molar-refractivity contribution is 5.88. The number of carbonyl (C=O) groups excluding carboxylic acids is 2. The fraction of sp³-hybridized carbons (Fsp3) is 0.417. The third-order valence-electron chi connectivity index (χ3n) is 5.51. The van der Waals surface area contributed by atoms with E-state index in [0.717, 1.165) is 17.7 Å². The summed E-state index contributed by atoms with van der Waals surface area (Å²) in [6.45, 7) is 4.51. The van der Waals surface area contributed by atoms with E-state index in [0.29, 0.717) is 37.6 Å². The van der Waals surface area contributed by atoms with Crippen molar-refractivity contribution in [1.82, 2.24) is 15.5 Å². The Morgan fingerprint density at radius 3 is 2.52 bits per heavy atom. The van der Waals surface area contributed by atoms with Crippen LogP contribution in [0.4, 0.5) is 0 Å². The SMILES string of the molecule is COc1ccc(CCNC(=O)C[C@H]2C(=O)NCCN2Cc2ccc(C)cc2)cc1OC. The van der Waals surface area contributed by atoms with E-state index >= 15 is 0 Å². The quantitative estimate of drug-likeness (QED) is 0.643. The Morgan fingerprint density at radius 2 is 1.81 bits per heavy atom. The summed E-state index contributed by atoms with van der Waals surface area (Å²) in [7, 11) is 3.20. The van der Waals surface area contributed by atoms with Crippen LogP contribution in [0.5, 0.6) is 11.5 Å². The van der Waals surface area contributed by atoms with Gasteiger partial charge >= 0.3 is 0 Å². The first-order chi connectivity index (χ1) is 15.0. The van der Waals surface area contributed by atoms with Gasteiger partial charge in [0.05, 0.1) is 26.7 Å². The first-order valence-electron chi connectivity index (χ1n) is 10.5. The number of piperazine rings is 1. The summed E-state index contributed by atoms with van der Waals surface area (Å²) in [6.07, 6.45) is 0.805.